The molecule has 23 heavy (non-hydrogen) atoms. The quantitative estimate of drug-likeness (QED) is 0.729. The van der Waals surface area contributed by atoms with Crippen molar-refractivity contribution in [3.63, 3.8) is 0 Å². The molecule has 1 unspecified atom stereocenters. The van der Waals surface area contributed by atoms with E-state index in [1.807, 2.05) is 26.8 Å². The van der Waals surface area contributed by atoms with Crippen molar-refractivity contribution in [1.82, 2.24) is 5.32 Å². The van der Waals surface area contributed by atoms with E-state index in [0.717, 1.165) is 5.69 Å². The molecule has 0 aliphatic rings. The average Bonchev–Trinajstić information content (AvgIpc) is 2.44. The minimum atomic E-state index is -0.528. The van der Waals surface area contributed by atoms with Gasteiger partial charge in [-0.3, -0.25) is 0 Å². The minimum absolute atomic E-state index is 0.135. The van der Waals surface area contributed by atoms with E-state index in [0.29, 0.717) is 23.7 Å². The van der Waals surface area contributed by atoms with Crippen molar-refractivity contribution in [2.75, 3.05) is 19.0 Å². The van der Waals surface area contributed by atoms with Gasteiger partial charge in [0.2, 0.25) is 0 Å². The molecule has 0 saturated carbocycles. The molecule has 0 aromatic heterocycles. The van der Waals surface area contributed by atoms with Crippen LogP contribution in [0.3, 0.4) is 0 Å². The van der Waals surface area contributed by atoms with Crippen LogP contribution in [-0.4, -0.2) is 31.4 Å². The summed E-state index contributed by atoms with van der Waals surface area (Å²) in [5, 5.41) is 6.62. The first-order chi connectivity index (χ1) is 10.7. The summed E-state index contributed by atoms with van der Waals surface area (Å²) in [6.45, 7) is 9.72. The fourth-order valence-corrected chi connectivity index (χ4v) is 2.07. The Kier molecular flexibility index (Phi) is 7.23. The number of hydrogen-bond acceptors (Lipinski definition) is 4. The smallest absolute Gasteiger partial charge is 0.407 e. The van der Waals surface area contributed by atoms with Crippen molar-refractivity contribution in [2.45, 2.75) is 38.8 Å². The first-order valence-electron chi connectivity index (χ1n) is 7.43. The molecule has 0 aliphatic heterocycles. The number of nitrogens with one attached hydrogen (secondary N) is 2. The Morgan fingerprint density at radius 2 is 2.13 bits per heavy atom. The van der Waals surface area contributed by atoms with Crippen LogP contribution in [-0.2, 0) is 4.74 Å². The predicted molar refractivity (Wildman–Crippen MR) is 94.5 cm³/mol. The van der Waals surface area contributed by atoms with Crippen LogP contribution < -0.4 is 15.4 Å². The van der Waals surface area contributed by atoms with E-state index >= 15 is 0 Å². The van der Waals surface area contributed by atoms with E-state index in [2.05, 4.69) is 17.2 Å². The number of alkyl carbamates (subject to hydrolysis) is 1. The number of amides is 1. The Labute approximate surface area is 143 Å². The predicted octanol–water partition coefficient (Wildman–Crippen LogP) is 4.23. The number of carbonyl (C=O) groups excluding carboxylic acids is 1. The van der Waals surface area contributed by atoms with E-state index in [1.54, 1.807) is 25.3 Å². The number of carbonyl (C=O) groups is 1. The van der Waals surface area contributed by atoms with Gasteiger partial charge < -0.3 is 20.1 Å². The topological polar surface area (TPSA) is 59.6 Å². The third-order valence-corrected chi connectivity index (χ3v) is 3.19. The Balaban J connectivity index is 2.62. The van der Waals surface area contributed by atoms with Gasteiger partial charge in [-0.1, -0.05) is 17.7 Å². The maximum atomic E-state index is 11.9. The van der Waals surface area contributed by atoms with Crippen molar-refractivity contribution in [1.29, 1.82) is 0 Å². The van der Waals surface area contributed by atoms with Crippen LogP contribution in [0.1, 0.15) is 27.2 Å². The lowest BCUT2D eigenvalue weighted by Crippen LogP contribution is -2.42. The maximum absolute atomic E-state index is 11.9. The first-order valence-corrected chi connectivity index (χ1v) is 7.80. The van der Waals surface area contributed by atoms with Crippen LogP contribution in [0.5, 0.6) is 5.75 Å². The fourth-order valence-electron chi connectivity index (χ4n) is 1.88. The summed E-state index contributed by atoms with van der Waals surface area (Å²) in [4.78, 5) is 11.9. The molecule has 1 atom stereocenters. The van der Waals surface area contributed by atoms with Crippen molar-refractivity contribution in [3.8, 4) is 5.75 Å². The fraction of sp³-hybridized carbons (Fsp3) is 0.471. The van der Waals surface area contributed by atoms with Crippen LogP contribution in [0.25, 0.3) is 0 Å². The molecule has 0 aliphatic carbocycles. The summed E-state index contributed by atoms with van der Waals surface area (Å²) in [6.07, 6.45) is 1.93. The number of anilines is 1. The van der Waals surface area contributed by atoms with Crippen molar-refractivity contribution in [2.24, 2.45) is 0 Å². The lowest BCUT2D eigenvalue weighted by Gasteiger charge is -2.23. The van der Waals surface area contributed by atoms with Gasteiger partial charge in [-0.2, -0.15) is 0 Å². The molecule has 0 saturated heterocycles. The second-order valence-electron chi connectivity index (χ2n) is 6.10. The number of benzene rings is 1. The molecule has 0 fully saturated rings. The van der Waals surface area contributed by atoms with Crippen molar-refractivity contribution >= 4 is 23.4 Å². The molecule has 1 amide bonds. The van der Waals surface area contributed by atoms with E-state index in [1.165, 1.54) is 0 Å². The van der Waals surface area contributed by atoms with Gasteiger partial charge in [0.1, 0.15) is 11.4 Å². The third kappa shape index (κ3) is 7.28. The summed E-state index contributed by atoms with van der Waals surface area (Å²) < 4.78 is 10.5. The van der Waals surface area contributed by atoms with Gasteiger partial charge in [0.25, 0.3) is 0 Å². The Morgan fingerprint density at radius 1 is 1.43 bits per heavy atom. The number of halogens is 1. The van der Waals surface area contributed by atoms with Crippen LogP contribution in [0.15, 0.2) is 30.9 Å². The number of hydrogen-bond donors (Lipinski definition) is 2. The van der Waals surface area contributed by atoms with Gasteiger partial charge >= 0.3 is 6.09 Å². The van der Waals surface area contributed by atoms with Crippen LogP contribution in [0, 0.1) is 0 Å². The average molecular weight is 341 g/mol. The van der Waals surface area contributed by atoms with Gasteiger partial charge in [0, 0.05) is 18.3 Å². The minimum Gasteiger partial charge on any atom is -0.495 e. The van der Waals surface area contributed by atoms with Crippen LogP contribution >= 0.6 is 11.6 Å². The summed E-state index contributed by atoms with van der Waals surface area (Å²) >= 11 is 6.00. The van der Waals surface area contributed by atoms with Gasteiger partial charge in [0.05, 0.1) is 18.2 Å². The van der Waals surface area contributed by atoms with Crippen LogP contribution in [0.4, 0.5) is 10.5 Å². The molecule has 1 aromatic carbocycles. The zero-order valence-electron chi connectivity index (χ0n) is 14.1. The monoisotopic (exact) mass is 340 g/mol. The maximum Gasteiger partial charge on any atom is 0.407 e. The molecular weight excluding hydrogens is 316 g/mol. The van der Waals surface area contributed by atoms with E-state index in [9.17, 15) is 4.79 Å². The van der Waals surface area contributed by atoms with Gasteiger partial charge in [0.15, 0.2) is 0 Å². The van der Waals surface area contributed by atoms with Gasteiger partial charge in [-0.15, -0.1) is 6.58 Å². The summed E-state index contributed by atoms with van der Waals surface area (Å²) in [5.41, 5.74) is 0.325. The van der Waals surface area contributed by atoms with Crippen molar-refractivity contribution in [3.05, 3.63) is 35.9 Å². The van der Waals surface area contributed by atoms with Crippen LogP contribution in [0.2, 0.25) is 5.02 Å². The highest BCUT2D eigenvalue weighted by molar-refractivity contribution is 6.32. The molecule has 0 radical (unpaired) electrons. The number of rotatable bonds is 7. The molecule has 0 heterocycles. The zero-order valence-corrected chi connectivity index (χ0v) is 14.9. The van der Waals surface area contributed by atoms with Gasteiger partial charge in [-0.25, -0.2) is 4.79 Å². The highest BCUT2D eigenvalue weighted by Gasteiger charge is 2.19. The van der Waals surface area contributed by atoms with Crippen molar-refractivity contribution < 1.29 is 14.3 Å². The highest BCUT2D eigenvalue weighted by Crippen LogP contribution is 2.27. The Morgan fingerprint density at radius 3 is 2.70 bits per heavy atom. The molecule has 1 aromatic rings. The number of methoxy groups -OCH3 is 1. The first kappa shape index (κ1) is 19.2. The normalized spacial score (nSPS) is 12.2. The molecule has 128 valence electrons. The summed E-state index contributed by atoms with van der Waals surface area (Å²) in [6, 6.07) is 5.28. The second-order valence-corrected chi connectivity index (χ2v) is 6.50. The summed E-state index contributed by atoms with van der Waals surface area (Å²) in [5.74, 6) is 0.594. The second kappa shape index (κ2) is 8.67. The SMILES string of the molecule is C=CCC(CNc1ccc(Cl)c(OC)c1)NC(=O)OC(C)(C)C. The molecular formula is C17H25ClN2O3. The zero-order chi connectivity index (χ0) is 17.5. The summed E-state index contributed by atoms with van der Waals surface area (Å²) in [7, 11) is 1.57. The Bertz CT molecular complexity index is 541. The largest absolute Gasteiger partial charge is 0.495 e. The van der Waals surface area contributed by atoms with E-state index < -0.39 is 11.7 Å². The molecule has 5 nitrogen and oxygen atoms in total. The van der Waals surface area contributed by atoms with E-state index in [-0.39, 0.29) is 6.04 Å². The standard InChI is InChI=1S/C17H25ClN2O3/c1-6-7-13(20-16(21)23-17(2,3)4)11-19-12-8-9-14(18)15(10-12)22-5/h6,8-10,13,19H,1,7,11H2,2-5H3,(H,20,21). The molecule has 0 bridgehead atoms. The molecule has 2 N–H and O–H groups in total. The van der Waals surface area contributed by atoms with E-state index in [4.69, 9.17) is 21.1 Å². The molecule has 1 rings (SSSR count). The Hall–Kier alpha value is -1.88. The third-order valence-electron chi connectivity index (χ3n) is 2.88. The molecule has 6 heteroatoms. The molecule has 0 spiro atoms. The lowest BCUT2D eigenvalue weighted by atomic mass is 10.2. The highest BCUT2D eigenvalue weighted by atomic mass is 35.5. The number of ether oxygens (including phenoxy) is 2. The lowest BCUT2D eigenvalue weighted by molar-refractivity contribution is 0.0507. The van der Waals surface area contributed by atoms with Gasteiger partial charge in [-0.05, 0) is 39.3 Å².